The van der Waals surface area contributed by atoms with Crippen LogP contribution in [-0.2, 0) is 14.8 Å². The number of anilines is 1. The smallest absolute Gasteiger partial charge is 0.261 e. The molecule has 0 aliphatic rings. The number of methoxy groups -OCH3 is 1. The summed E-state index contributed by atoms with van der Waals surface area (Å²) in [4.78, 5) is 3.25. The molecule has 24 heavy (non-hydrogen) atoms. The predicted molar refractivity (Wildman–Crippen MR) is 92.9 cm³/mol. The highest BCUT2D eigenvalue weighted by Crippen LogP contribution is 2.22. The maximum Gasteiger partial charge on any atom is 0.261 e. The van der Waals surface area contributed by atoms with Gasteiger partial charge in [-0.05, 0) is 48.5 Å². The Hall–Kier alpha value is -2.51. The molecule has 0 fully saturated rings. The number of aromatic nitrogens is 1. The van der Waals surface area contributed by atoms with E-state index in [9.17, 15) is 8.42 Å². The number of sulfonamides is 1. The summed E-state index contributed by atoms with van der Waals surface area (Å²) in [6.07, 6.45) is 1.81. The molecule has 0 saturated heterocycles. The van der Waals surface area contributed by atoms with Crippen LogP contribution in [0.2, 0.25) is 0 Å². The summed E-state index contributed by atoms with van der Waals surface area (Å²) >= 11 is 0. The molecule has 3 rings (SSSR count). The van der Waals surface area contributed by atoms with Gasteiger partial charge >= 0.3 is 0 Å². The van der Waals surface area contributed by atoms with Crippen molar-refractivity contribution in [2.75, 3.05) is 25.0 Å². The van der Waals surface area contributed by atoms with E-state index in [4.69, 9.17) is 9.47 Å². The third-order valence-electron chi connectivity index (χ3n) is 3.50. The van der Waals surface area contributed by atoms with Crippen LogP contribution in [0.4, 0.5) is 5.69 Å². The Morgan fingerprint density at radius 2 is 1.83 bits per heavy atom. The molecule has 3 aromatic rings. The summed E-state index contributed by atoms with van der Waals surface area (Å²) in [6, 6.07) is 13.5. The van der Waals surface area contributed by atoms with Crippen molar-refractivity contribution < 1.29 is 17.9 Å². The van der Waals surface area contributed by atoms with Gasteiger partial charge in [0.25, 0.3) is 10.0 Å². The fraction of sp³-hybridized carbons (Fsp3) is 0.176. The standard InChI is InChI=1S/C17H18N2O4S/c1-22-10-11-23-15-3-5-16(6-4-15)24(20,21)19-14-2-7-17-13(12-14)8-9-18-17/h2-9,12,18-19H,10-11H2,1H3. The molecule has 1 aromatic heterocycles. The Bertz CT molecular complexity index is 917. The lowest BCUT2D eigenvalue weighted by atomic mass is 10.2. The first-order valence-electron chi connectivity index (χ1n) is 7.40. The summed E-state index contributed by atoms with van der Waals surface area (Å²) in [6.45, 7) is 0.890. The van der Waals surface area contributed by atoms with Crippen LogP contribution in [0.1, 0.15) is 0 Å². The Morgan fingerprint density at radius 3 is 2.58 bits per heavy atom. The zero-order valence-electron chi connectivity index (χ0n) is 13.2. The van der Waals surface area contributed by atoms with E-state index in [1.807, 2.05) is 18.3 Å². The van der Waals surface area contributed by atoms with Crippen molar-refractivity contribution >= 4 is 26.6 Å². The van der Waals surface area contributed by atoms with Crippen molar-refractivity contribution in [3.63, 3.8) is 0 Å². The SMILES string of the molecule is COCCOc1ccc(S(=O)(=O)Nc2ccc3[nH]ccc3c2)cc1. The van der Waals surface area contributed by atoms with Crippen molar-refractivity contribution in [1.82, 2.24) is 4.98 Å². The van der Waals surface area contributed by atoms with Gasteiger partial charge in [0.05, 0.1) is 11.5 Å². The molecule has 7 heteroatoms. The van der Waals surface area contributed by atoms with Crippen LogP contribution in [0.15, 0.2) is 59.6 Å². The quantitative estimate of drug-likeness (QED) is 0.645. The van der Waals surface area contributed by atoms with Gasteiger partial charge in [0.1, 0.15) is 12.4 Å². The molecule has 0 saturated carbocycles. The van der Waals surface area contributed by atoms with Gasteiger partial charge in [-0.15, -0.1) is 0 Å². The van der Waals surface area contributed by atoms with Gasteiger partial charge in [-0.1, -0.05) is 0 Å². The lowest BCUT2D eigenvalue weighted by Gasteiger charge is -2.10. The molecule has 0 spiro atoms. The van der Waals surface area contributed by atoms with Crippen molar-refractivity contribution in [2.45, 2.75) is 4.90 Å². The molecule has 2 N–H and O–H groups in total. The fourth-order valence-corrected chi connectivity index (χ4v) is 3.34. The number of benzene rings is 2. The molecule has 126 valence electrons. The van der Waals surface area contributed by atoms with E-state index in [1.165, 1.54) is 12.1 Å². The predicted octanol–water partition coefficient (Wildman–Crippen LogP) is 2.99. The lowest BCUT2D eigenvalue weighted by Crippen LogP contribution is -2.13. The Morgan fingerprint density at radius 1 is 1.04 bits per heavy atom. The second kappa shape index (κ2) is 6.94. The van der Waals surface area contributed by atoms with Gasteiger partial charge < -0.3 is 14.5 Å². The number of hydrogen-bond donors (Lipinski definition) is 2. The van der Waals surface area contributed by atoms with E-state index >= 15 is 0 Å². The molecule has 6 nitrogen and oxygen atoms in total. The van der Waals surface area contributed by atoms with Gasteiger partial charge in [0.2, 0.25) is 0 Å². The van der Waals surface area contributed by atoms with E-state index in [0.717, 1.165) is 10.9 Å². The number of H-pyrrole nitrogens is 1. The largest absolute Gasteiger partial charge is 0.491 e. The molecular weight excluding hydrogens is 328 g/mol. The molecule has 2 aromatic carbocycles. The lowest BCUT2D eigenvalue weighted by molar-refractivity contribution is 0.146. The van der Waals surface area contributed by atoms with E-state index in [1.54, 1.807) is 31.4 Å². The van der Waals surface area contributed by atoms with Gasteiger partial charge in [-0.2, -0.15) is 0 Å². The zero-order chi connectivity index (χ0) is 17.0. The maximum absolute atomic E-state index is 12.5. The third-order valence-corrected chi connectivity index (χ3v) is 4.89. The van der Waals surface area contributed by atoms with Crippen molar-refractivity contribution in [3.05, 3.63) is 54.7 Å². The first kappa shape index (κ1) is 16.4. The molecular formula is C17H18N2O4S. The number of aromatic amines is 1. The van der Waals surface area contributed by atoms with E-state index in [0.29, 0.717) is 24.7 Å². The summed E-state index contributed by atoms with van der Waals surface area (Å²) in [5, 5.41) is 0.942. The molecule has 0 aliphatic carbocycles. The molecule has 1 heterocycles. The van der Waals surface area contributed by atoms with Crippen molar-refractivity contribution in [3.8, 4) is 5.75 Å². The Balaban J connectivity index is 1.74. The second-order valence-electron chi connectivity index (χ2n) is 5.20. The van der Waals surface area contributed by atoms with E-state index < -0.39 is 10.0 Å². The normalized spacial score (nSPS) is 11.5. The fourth-order valence-electron chi connectivity index (χ4n) is 2.29. The summed E-state index contributed by atoms with van der Waals surface area (Å²) < 4.78 is 37.8. The second-order valence-corrected chi connectivity index (χ2v) is 6.88. The average molecular weight is 346 g/mol. The average Bonchev–Trinajstić information content (AvgIpc) is 3.03. The van der Waals surface area contributed by atoms with E-state index in [-0.39, 0.29) is 4.90 Å². The van der Waals surface area contributed by atoms with E-state index in [2.05, 4.69) is 9.71 Å². The first-order chi connectivity index (χ1) is 11.6. The molecule has 0 aliphatic heterocycles. The molecule has 0 unspecified atom stereocenters. The highest BCUT2D eigenvalue weighted by atomic mass is 32.2. The minimum Gasteiger partial charge on any atom is -0.491 e. The molecule has 0 radical (unpaired) electrons. The minimum atomic E-state index is -3.65. The zero-order valence-corrected chi connectivity index (χ0v) is 14.0. The van der Waals surface area contributed by atoms with Crippen LogP contribution in [-0.4, -0.2) is 33.7 Å². The minimum absolute atomic E-state index is 0.177. The van der Waals surface area contributed by atoms with Crippen LogP contribution >= 0.6 is 0 Å². The Kier molecular flexibility index (Phi) is 4.73. The number of fused-ring (bicyclic) bond motifs is 1. The van der Waals surface area contributed by atoms with Gasteiger partial charge in [0, 0.05) is 29.9 Å². The maximum atomic E-state index is 12.5. The topological polar surface area (TPSA) is 80.4 Å². The number of nitrogens with one attached hydrogen (secondary N) is 2. The first-order valence-corrected chi connectivity index (χ1v) is 8.88. The summed E-state index contributed by atoms with van der Waals surface area (Å²) in [7, 11) is -2.05. The van der Waals surface area contributed by atoms with Crippen LogP contribution < -0.4 is 9.46 Å². The van der Waals surface area contributed by atoms with Gasteiger partial charge in [-0.3, -0.25) is 4.72 Å². The number of hydrogen-bond acceptors (Lipinski definition) is 4. The summed E-state index contributed by atoms with van der Waals surface area (Å²) in [5.41, 5.74) is 1.47. The van der Waals surface area contributed by atoms with Gasteiger partial charge in [-0.25, -0.2) is 8.42 Å². The van der Waals surface area contributed by atoms with Crippen LogP contribution in [0.5, 0.6) is 5.75 Å². The highest BCUT2D eigenvalue weighted by Gasteiger charge is 2.14. The van der Waals surface area contributed by atoms with Crippen LogP contribution in [0.3, 0.4) is 0 Å². The number of ether oxygens (including phenoxy) is 2. The third kappa shape index (κ3) is 3.69. The molecule has 0 atom stereocenters. The number of rotatable bonds is 7. The molecule has 0 amide bonds. The Labute approximate surface area is 140 Å². The highest BCUT2D eigenvalue weighted by molar-refractivity contribution is 7.92. The van der Waals surface area contributed by atoms with Crippen LogP contribution in [0.25, 0.3) is 10.9 Å². The van der Waals surface area contributed by atoms with Gasteiger partial charge in [0.15, 0.2) is 0 Å². The molecule has 0 bridgehead atoms. The van der Waals surface area contributed by atoms with Crippen molar-refractivity contribution in [1.29, 1.82) is 0 Å². The monoisotopic (exact) mass is 346 g/mol. The van der Waals surface area contributed by atoms with Crippen molar-refractivity contribution in [2.24, 2.45) is 0 Å². The van der Waals surface area contributed by atoms with Crippen LogP contribution in [0, 0.1) is 0 Å². The summed E-state index contributed by atoms with van der Waals surface area (Å²) in [5.74, 6) is 0.597.